The smallest absolute Gasteiger partial charge is 0.267 e. The lowest BCUT2D eigenvalue weighted by atomic mass is 9.94. The minimum Gasteiger partial charge on any atom is -0.434 e. The molecule has 0 saturated heterocycles. The van der Waals surface area contributed by atoms with Crippen molar-refractivity contribution in [2.75, 3.05) is 0 Å². The molecule has 21 heavy (non-hydrogen) atoms. The maximum atomic E-state index is 11.8. The van der Waals surface area contributed by atoms with Crippen molar-refractivity contribution < 1.29 is 4.74 Å². The van der Waals surface area contributed by atoms with Gasteiger partial charge in [-0.05, 0) is 50.3 Å². The summed E-state index contributed by atoms with van der Waals surface area (Å²) in [6, 6.07) is 3.56. The van der Waals surface area contributed by atoms with Crippen LogP contribution in [0.3, 0.4) is 0 Å². The van der Waals surface area contributed by atoms with Crippen LogP contribution in [0, 0.1) is 6.92 Å². The molecule has 3 rings (SSSR count). The van der Waals surface area contributed by atoms with E-state index >= 15 is 0 Å². The zero-order chi connectivity index (χ0) is 15.0. The van der Waals surface area contributed by atoms with Crippen LogP contribution < -0.4 is 10.3 Å². The van der Waals surface area contributed by atoms with E-state index in [-0.39, 0.29) is 5.56 Å². The Morgan fingerprint density at radius 2 is 1.76 bits per heavy atom. The third-order valence-corrected chi connectivity index (χ3v) is 4.16. The Kier molecular flexibility index (Phi) is 3.91. The maximum absolute atomic E-state index is 11.8. The van der Waals surface area contributed by atoms with Crippen molar-refractivity contribution in [2.24, 2.45) is 0 Å². The molecule has 1 aliphatic rings. The molecule has 2 aromatic rings. The van der Waals surface area contributed by atoms with E-state index in [0.717, 1.165) is 42.4 Å². The molecule has 0 fully saturated rings. The lowest BCUT2D eigenvalue weighted by molar-refractivity contribution is 0.440. The summed E-state index contributed by atoms with van der Waals surface area (Å²) in [5.74, 6) is 0.758. The molecular weight excluding hydrogens is 311 g/mol. The van der Waals surface area contributed by atoms with Crippen molar-refractivity contribution >= 4 is 23.2 Å². The van der Waals surface area contributed by atoms with Gasteiger partial charge in [-0.15, -0.1) is 5.10 Å². The molecule has 110 valence electrons. The Morgan fingerprint density at radius 1 is 1.14 bits per heavy atom. The van der Waals surface area contributed by atoms with Gasteiger partial charge in [0, 0.05) is 11.1 Å². The van der Waals surface area contributed by atoms with Crippen LogP contribution in [-0.2, 0) is 12.8 Å². The highest BCUT2D eigenvalue weighted by atomic mass is 35.5. The molecule has 0 spiro atoms. The minimum absolute atomic E-state index is 0.141. The fourth-order valence-electron chi connectivity index (χ4n) is 2.59. The first kappa shape index (κ1) is 14.4. The number of ether oxygens (including phenoxy) is 1. The third kappa shape index (κ3) is 2.78. The van der Waals surface area contributed by atoms with E-state index < -0.39 is 0 Å². The first-order valence-corrected chi connectivity index (χ1v) is 7.56. The molecule has 1 heterocycles. The Bertz CT molecular complexity index is 733. The van der Waals surface area contributed by atoms with E-state index in [9.17, 15) is 4.79 Å². The number of hydrogen-bond acceptors (Lipinski definition) is 3. The van der Waals surface area contributed by atoms with Crippen LogP contribution in [0.5, 0.6) is 11.6 Å². The third-order valence-electron chi connectivity index (χ3n) is 3.60. The van der Waals surface area contributed by atoms with E-state index in [1.807, 2.05) is 6.92 Å². The van der Waals surface area contributed by atoms with Crippen molar-refractivity contribution in [1.29, 1.82) is 0 Å². The molecule has 0 aliphatic heterocycles. The SMILES string of the molecule is Cc1cc(Cl)c(Oc2n[nH]c(=O)c3c2CCCC3)c(Cl)c1. The van der Waals surface area contributed by atoms with Crippen LogP contribution in [0.4, 0.5) is 0 Å². The zero-order valence-corrected chi connectivity index (χ0v) is 13.0. The first-order chi connectivity index (χ1) is 10.1. The molecule has 1 aromatic heterocycles. The van der Waals surface area contributed by atoms with E-state index in [0.29, 0.717) is 21.7 Å². The van der Waals surface area contributed by atoms with Crippen LogP contribution in [0.15, 0.2) is 16.9 Å². The second-order valence-corrected chi connectivity index (χ2v) is 6.00. The fourth-order valence-corrected chi connectivity index (χ4v) is 3.27. The first-order valence-electron chi connectivity index (χ1n) is 6.80. The molecule has 4 nitrogen and oxygen atoms in total. The molecule has 1 aliphatic carbocycles. The molecule has 1 aromatic carbocycles. The summed E-state index contributed by atoms with van der Waals surface area (Å²) in [5, 5.41) is 7.35. The summed E-state index contributed by atoms with van der Waals surface area (Å²) in [6.45, 7) is 1.90. The highest BCUT2D eigenvalue weighted by Crippen LogP contribution is 2.38. The molecular formula is C15H14Cl2N2O2. The Balaban J connectivity index is 2.05. The Labute approximate surface area is 132 Å². The molecule has 0 unspecified atom stereocenters. The second kappa shape index (κ2) is 5.70. The number of H-pyrrole nitrogens is 1. The van der Waals surface area contributed by atoms with E-state index in [4.69, 9.17) is 27.9 Å². The van der Waals surface area contributed by atoms with E-state index in [1.54, 1.807) is 12.1 Å². The summed E-state index contributed by atoms with van der Waals surface area (Å²) in [6.07, 6.45) is 3.55. The normalized spacial score (nSPS) is 13.9. The number of halogens is 2. The summed E-state index contributed by atoms with van der Waals surface area (Å²) in [7, 11) is 0. The fraction of sp³-hybridized carbons (Fsp3) is 0.333. The molecule has 0 radical (unpaired) electrons. The van der Waals surface area contributed by atoms with Crippen molar-refractivity contribution in [2.45, 2.75) is 32.6 Å². The summed E-state index contributed by atoms with van der Waals surface area (Å²) < 4.78 is 5.80. The Morgan fingerprint density at radius 3 is 2.43 bits per heavy atom. The zero-order valence-electron chi connectivity index (χ0n) is 11.5. The number of benzene rings is 1. The maximum Gasteiger partial charge on any atom is 0.267 e. The molecule has 0 bridgehead atoms. The Hall–Kier alpha value is -1.52. The monoisotopic (exact) mass is 324 g/mol. The highest BCUT2D eigenvalue weighted by molar-refractivity contribution is 6.37. The van der Waals surface area contributed by atoms with E-state index in [1.165, 1.54) is 0 Å². The van der Waals surface area contributed by atoms with Gasteiger partial charge in [0.1, 0.15) is 0 Å². The van der Waals surface area contributed by atoms with Gasteiger partial charge in [0.25, 0.3) is 5.56 Å². The van der Waals surface area contributed by atoms with Crippen LogP contribution >= 0.6 is 23.2 Å². The van der Waals surface area contributed by atoms with Gasteiger partial charge in [-0.3, -0.25) is 4.79 Å². The molecule has 6 heteroatoms. The van der Waals surface area contributed by atoms with E-state index in [2.05, 4.69) is 10.2 Å². The van der Waals surface area contributed by atoms with Crippen LogP contribution in [-0.4, -0.2) is 10.2 Å². The van der Waals surface area contributed by atoms with Crippen LogP contribution in [0.2, 0.25) is 10.0 Å². The number of aromatic amines is 1. The van der Waals surface area contributed by atoms with Crippen molar-refractivity contribution in [3.63, 3.8) is 0 Å². The van der Waals surface area contributed by atoms with Gasteiger partial charge >= 0.3 is 0 Å². The predicted octanol–water partition coefficient (Wildman–Crippen LogP) is 4.06. The molecule has 0 atom stereocenters. The van der Waals surface area contributed by atoms with Crippen molar-refractivity contribution in [3.05, 3.63) is 49.2 Å². The predicted molar refractivity (Wildman–Crippen MR) is 82.8 cm³/mol. The summed E-state index contributed by atoms with van der Waals surface area (Å²) in [5.41, 5.74) is 2.43. The number of fused-ring (bicyclic) bond motifs is 1. The summed E-state index contributed by atoms with van der Waals surface area (Å²) in [4.78, 5) is 11.8. The van der Waals surface area contributed by atoms with Gasteiger partial charge in [0.2, 0.25) is 5.88 Å². The largest absolute Gasteiger partial charge is 0.434 e. The number of rotatable bonds is 2. The minimum atomic E-state index is -0.141. The number of aromatic nitrogens is 2. The second-order valence-electron chi connectivity index (χ2n) is 5.18. The average Bonchev–Trinajstić information content (AvgIpc) is 2.45. The quantitative estimate of drug-likeness (QED) is 0.906. The summed E-state index contributed by atoms with van der Waals surface area (Å²) >= 11 is 12.4. The van der Waals surface area contributed by atoms with Crippen molar-refractivity contribution in [3.8, 4) is 11.6 Å². The number of hydrogen-bond donors (Lipinski definition) is 1. The average molecular weight is 325 g/mol. The molecule has 0 amide bonds. The van der Waals surface area contributed by atoms with Crippen LogP contribution in [0.25, 0.3) is 0 Å². The van der Waals surface area contributed by atoms with Gasteiger partial charge in [0.05, 0.1) is 10.0 Å². The van der Waals surface area contributed by atoms with Gasteiger partial charge in [0.15, 0.2) is 5.75 Å². The van der Waals surface area contributed by atoms with Crippen molar-refractivity contribution in [1.82, 2.24) is 10.2 Å². The lowest BCUT2D eigenvalue weighted by Gasteiger charge is -2.18. The standard InChI is InChI=1S/C15H14Cl2N2O2/c1-8-6-11(16)13(12(17)7-8)21-15-10-5-3-2-4-9(10)14(20)18-19-15/h6-7H,2-5H2,1H3,(H,18,20). The van der Waals surface area contributed by atoms with Gasteiger partial charge in [-0.25, -0.2) is 5.10 Å². The topological polar surface area (TPSA) is 55.0 Å². The number of aryl methyl sites for hydroxylation is 1. The van der Waals surface area contributed by atoms with Gasteiger partial charge < -0.3 is 4.74 Å². The van der Waals surface area contributed by atoms with Gasteiger partial charge in [-0.1, -0.05) is 23.2 Å². The highest BCUT2D eigenvalue weighted by Gasteiger charge is 2.20. The molecule has 1 N–H and O–H groups in total. The number of nitrogens with one attached hydrogen (secondary N) is 1. The lowest BCUT2D eigenvalue weighted by Crippen LogP contribution is -2.21. The van der Waals surface area contributed by atoms with Gasteiger partial charge in [-0.2, -0.15) is 0 Å². The van der Waals surface area contributed by atoms with Crippen LogP contribution in [0.1, 0.15) is 29.5 Å². The number of nitrogens with zero attached hydrogens (tertiary/aromatic N) is 1. The molecule has 0 saturated carbocycles.